The third-order valence-corrected chi connectivity index (χ3v) is 4.50. The number of Topliss-reactive ketones (excluding diaryl/α,β-unsaturated/α-hetero) is 1. The summed E-state index contributed by atoms with van der Waals surface area (Å²) in [7, 11) is 0. The minimum atomic E-state index is -0.118. The highest BCUT2D eigenvalue weighted by atomic mass is 79.9. The highest BCUT2D eigenvalue weighted by Crippen LogP contribution is 2.56. The molecule has 0 aromatic heterocycles. The van der Waals surface area contributed by atoms with E-state index in [0.717, 1.165) is 25.7 Å². The second-order valence-electron chi connectivity index (χ2n) is 3.26. The first-order chi connectivity index (χ1) is 4.57. The molecule has 10 heavy (non-hydrogen) atoms. The Bertz CT molecular complexity index is 172. The summed E-state index contributed by atoms with van der Waals surface area (Å²) in [4.78, 5) is 11.5. The average molecular weight is 268 g/mol. The van der Waals surface area contributed by atoms with Crippen molar-refractivity contribution < 1.29 is 4.79 Å². The summed E-state index contributed by atoms with van der Waals surface area (Å²) in [5.41, 5.74) is 0. The van der Waals surface area contributed by atoms with E-state index < -0.39 is 0 Å². The summed E-state index contributed by atoms with van der Waals surface area (Å²) in [6.45, 7) is 0. The van der Waals surface area contributed by atoms with Crippen molar-refractivity contribution in [1.82, 2.24) is 0 Å². The van der Waals surface area contributed by atoms with Gasteiger partial charge in [0.05, 0.1) is 8.65 Å². The maximum Gasteiger partial charge on any atom is 0.166 e. The van der Waals surface area contributed by atoms with Gasteiger partial charge in [-0.2, -0.15) is 0 Å². The molecular formula is C7H8Br2O. The van der Waals surface area contributed by atoms with Crippen molar-refractivity contribution in [3.63, 3.8) is 0 Å². The van der Waals surface area contributed by atoms with Crippen molar-refractivity contribution in [1.29, 1.82) is 0 Å². The Morgan fingerprint density at radius 2 is 1.30 bits per heavy atom. The fourth-order valence-corrected chi connectivity index (χ4v) is 2.50. The van der Waals surface area contributed by atoms with Crippen molar-refractivity contribution in [2.45, 2.75) is 34.3 Å². The zero-order chi connectivity index (χ0) is 7.41. The third kappa shape index (κ3) is 0.981. The lowest BCUT2D eigenvalue weighted by molar-refractivity contribution is -0.119. The van der Waals surface area contributed by atoms with Crippen LogP contribution in [0.1, 0.15) is 25.7 Å². The number of hydrogen-bond donors (Lipinski definition) is 0. The van der Waals surface area contributed by atoms with Crippen LogP contribution >= 0.6 is 31.9 Å². The molecule has 0 radical (unpaired) electrons. The minimum Gasteiger partial charge on any atom is -0.297 e. The summed E-state index contributed by atoms with van der Waals surface area (Å²) in [5, 5.41) is 0. The molecule has 0 saturated heterocycles. The lowest BCUT2D eigenvalue weighted by Crippen LogP contribution is -2.26. The van der Waals surface area contributed by atoms with Gasteiger partial charge in [-0.15, -0.1) is 0 Å². The van der Waals surface area contributed by atoms with Crippen molar-refractivity contribution in [2.75, 3.05) is 0 Å². The number of carbonyl (C=O) groups is 1. The Balaban J connectivity index is 2.12. The van der Waals surface area contributed by atoms with Crippen LogP contribution in [0.2, 0.25) is 0 Å². The predicted molar refractivity (Wildman–Crippen MR) is 46.8 cm³/mol. The van der Waals surface area contributed by atoms with Crippen LogP contribution in [-0.4, -0.2) is 14.4 Å². The molecule has 0 bridgehead atoms. The number of ketones is 1. The van der Waals surface area contributed by atoms with E-state index in [1.807, 2.05) is 0 Å². The summed E-state index contributed by atoms with van der Waals surface area (Å²) in [6.07, 6.45) is 4.11. The van der Waals surface area contributed by atoms with Crippen molar-refractivity contribution in [3.8, 4) is 0 Å². The fourth-order valence-electron chi connectivity index (χ4n) is 1.08. The molecule has 0 aliphatic heterocycles. The summed E-state index contributed by atoms with van der Waals surface area (Å²) in [6, 6.07) is 0. The molecule has 2 rings (SSSR count). The number of carbonyl (C=O) groups excluding carboxylic acids is 1. The normalized spacial score (nSPS) is 31.4. The Kier molecular flexibility index (Phi) is 1.36. The lowest BCUT2D eigenvalue weighted by Gasteiger charge is -2.08. The van der Waals surface area contributed by atoms with Crippen LogP contribution < -0.4 is 0 Å². The SMILES string of the molecule is O=C(C1(Br)CC1)C1(Br)CC1. The molecule has 0 atom stereocenters. The van der Waals surface area contributed by atoms with Crippen molar-refractivity contribution in [2.24, 2.45) is 0 Å². The standard InChI is InChI=1S/C7H8Br2O/c8-6(1-2-6)5(10)7(9)3-4-7/h1-4H2. The van der Waals surface area contributed by atoms with Gasteiger partial charge in [-0.3, -0.25) is 4.79 Å². The second-order valence-corrected chi connectivity index (χ2v) is 6.30. The Hall–Kier alpha value is 0.630. The second kappa shape index (κ2) is 1.86. The molecule has 2 saturated carbocycles. The minimum absolute atomic E-state index is 0.118. The molecule has 0 unspecified atom stereocenters. The van der Waals surface area contributed by atoms with E-state index in [2.05, 4.69) is 31.9 Å². The monoisotopic (exact) mass is 266 g/mol. The van der Waals surface area contributed by atoms with Crippen LogP contribution in [0.3, 0.4) is 0 Å². The Morgan fingerprint density at radius 1 is 1.00 bits per heavy atom. The molecule has 0 aromatic carbocycles. The zero-order valence-corrected chi connectivity index (χ0v) is 8.66. The highest BCUT2D eigenvalue weighted by molar-refractivity contribution is 9.11. The van der Waals surface area contributed by atoms with Crippen LogP contribution in [0.15, 0.2) is 0 Å². The van der Waals surface area contributed by atoms with Gasteiger partial charge in [0.15, 0.2) is 5.78 Å². The molecule has 0 heterocycles. The Morgan fingerprint density at radius 3 is 1.50 bits per heavy atom. The van der Waals surface area contributed by atoms with Crippen LogP contribution in [-0.2, 0) is 4.79 Å². The van der Waals surface area contributed by atoms with E-state index in [9.17, 15) is 4.79 Å². The molecular weight excluding hydrogens is 260 g/mol. The van der Waals surface area contributed by atoms with Crippen LogP contribution in [0.5, 0.6) is 0 Å². The van der Waals surface area contributed by atoms with Gasteiger partial charge in [0.1, 0.15) is 0 Å². The molecule has 0 aromatic rings. The van der Waals surface area contributed by atoms with Gasteiger partial charge < -0.3 is 0 Å². The zero-order valence-electron chi connectivity index (χ0n) is 5.49. The van der Waals surface area contributed by atoms with Gasteiger partial charge in [0, 0.05) is 0 Å². The van der Waals surface area contributed by atoms with Crippen molar-refractivity contribution in [3.05, 3.63) is 0 Å². The van der Waals surface area contributed by atoms with Gasteiger partial charge in [0.25, 0.3) is 0 Å². The maximum absolute atomic E-state index is 11.5. The van der Waals surface area contributed by atoms with E-state index in [4.69, 9.17) is 0 Å². The van der Waals surface area contributed by atoms with E-state index in [1.54, 1.807) is 0 Å². The molecule has 0 spiro atoms. The lowest BCUT2D eigenvalue weighted by atomic mass is 10.2. The van der Waals surface area contributed by atoms with Gasteiger partial charge in [-0.1, -0.05) is 31.9 Å². The molecule has 2 aliphatic carbocycles. The molecule has 3 heteroatoms. The first-order valence-electron chi connectivity index (χ1n) is 3.50. The Labute approximate surface area is 76.8 Å². The van der Waals surface area contributed by atoms with Crippen LogP contribution in [0, 0.1) is 0 Å². The van der Waals surface area contributed by atoms with E-state index >= 15 is 0 Å². The van der Waals surface area contributed by atoms with Gasteiger partial charge in [0.2, 0.25) is 0 Å². The molecule has 1 nitrogen and oxygen atoms in total. The average Bonchev–Trinajstić information content (AvgIpc) is 2.73. The van der Waals surface area contributed by atoms with Crippen molar-refractivity contribution >= 4 is 37.6 Å². The summed E-state index contributed by atoms with van der Waals surface area (Å²) < 4.78 is -0.236. The quantitative estimate of drug-likeness (QED) is 0.703. The fraction of sp³-hybridized carbons (Fsp3) is 0.857. The first kappa shape index (κ1) is 7.29. The molecule has 2 aliphatic rings. The van der Waals surface area contributed by atoms with E-state index in [1.165, 1.54) is 0 Å². The van der Waals surface area contributed by atoms with Gasteiger partial charge in [-0.25, -0.2) is 0 Å². The van der Waals surface area contributed by atoms with E-state index in [0.29, 0.717) is 5.78 Å². The molecule has 0 N–H and O–H groups in total. The number of alkyl halides is 2. The van der Waals surface area contributed by atoms with Crippen LogP contribution in [0.4, 0.5) is 0 Å². The topological polar surface area (TPSA) is 17.1 Å². The molecule has 2 fully saturated rings. The summed E-state index contributed by atoms with van der Waals surface area (Å²) in [5.74, 6) is 0.375. The number of halogens is 2. The predicted octanol–water partition coefficient (Wildman–Crippen LogP) is 2.41. The van der Waals surface area contributed by atoms with E-state index in [-0.39, 0.29) is 8.65 Å². The van der Waals surface area contributed by atoms with Crippen LogP contribution in [0.25, 0.3) is 0 Å². The maximum atomic E-state index is 11.5. The van der Waals surface area contributed by atoms with Gasteiger partial charge >= 0.3 is 0 Å². The largest absolute Gasteiger partial charge is 0.297 e. The van der Waals surface area contributed by atoms with Gasteiger partial charge in [-0.05, 0) is 25.7 Å². The first-order valence-corrected chi connectivity index (χ1v) is 5.08. The smallest absolute Gasteiger partial charge is 0.166 e. The third-order valence-electron chi connectivity index (χ3n) is 2.19. The molecule has 56 valence electrons. The molecule has 0 amide bonds. The number of hydrogen-bond acceptors (Lipinski definition) is 1. The highest BCUT2D eigenvalue weighted by Gasteiger charge is 2.59. The summed E-state index contributed by atoms with van der Waals surface area (Å²) >= 11 is 6.90. The number of rotatable bonds is 2.